The summed E-state index contributed by atoms with van der Waals surface area (Å²) in [7, 11) is 0. The third-order valence-corrected chi connectivity index (χ3v) is 3.37. The minimum absolute atomic E-state index is 0.223. The van der Waals surface area contributed by atoms with Crippen molar-refractivity contribution in [3.8, 4) is 0 Å². The predicted octanol–water partition coefficient (Wildman–Crippen LogP) is 4.03. The van der Waals surface area contributed by atoms with Gasteiger partial charge in [0.1, 0.15) is 4.84 Å². The molecule has 1 rings (SSSR count). The molecule has 12 heavy (non-hydrogen) atoms. The third-order valence-electron chi connectivity index (χ3n) is 3.01. The molecular formula is C10H16Cl2. The number of alkyl halides is 2. The number of hydrogen-bond donors (Lipinski definition) is 0. The Bertz CT molecular complexity index is 194. The summed E-state index contributed by atoms with van der Waals surface area (Å²) in [6.45, 7) is 10.6. The van der Waals surface area contributed by atoms with Crippen LogP contribution in [0.1, 0.15) is 27.2 Å². The first kappa shape index (κ1) is 10.4. The van der Waals surface area contributed by atoms with Gasteiger partial charge in [0.2, 0.25) is 0 Å². The van der Waals surface area contributed by atoms with Crippen LogP contribution < -0.4 is 0 Å². The van der Waals surface area contributed by atoms with E-state index in [4.69, 9.17) is 23.2 Å². The van der Waals surface area contributed by atoms with Crippen LogP contribution in [-0.2, 0) is 0 Å². The van der Waals surface area contributed by atoms with Crippen LogP contribution in [0.3, 0.4) is 0 Å². The zero-order chi connectivity index (χ0) is 9.52. The van der Waals surface area contributed by atoms with Crippen LogP contribution >= 0.6 is 23.2 Å². The van der Waals surface area contributed by atoms with Gasteiger partial charge in [-0.15, -0.1) is 23.2 Å². The second-order valence-corrected chi connectivity index (χ2v) is 5.66. The molecular weight excluding hydrogens is 191 g/mol. The molecule has 1 aliphatic rings. The molecule has 1 fully saturated rings. The van der Waals surface area contributed by atoms with Crippen molar-refractivity contribution in [3.05, 3.63) is 12.2 Å². The second-order valence-electron chi connectivity index (χ2n) is 4.38. The van der Waals surface area contributed by atoms with Crippen molar-refractivity contribution in [1.82, 2.24) is 0 Å². The maximum atomic E-state index is 5.75. The fourth-order valence-electron chi connectivity index (χ4n) is 2.35. The fourth-order valence-corrected chi connectivity index (χ4v) is 2.74. The maximum absolute atomic E-state index is 5.75. The minimum atomic E-state index is -0.223. The molecule has 0 saturated heterocycles. The molecule has 0 aromatic rings. The van der Waals surface area contributed by atoms with Gasteiger partial charge in [0.25, 0.3) is 0 Å². The summed E-state index contributed by atoms with van der Waals surface area (Å²) in [5, 5.41) is 0. The molecule has 2 unspecified atom stereocenters. The zero-order valence-corrected chi connectivity index (χ0v) is 9.41. The molecule has 0 N–H and O–H groups in total. The van der Waals surface area contributed by atoms with Gasteiger partial charge in [0, 0.05) is 0 Å². The Hall–Kier alpha value is 0.320. The SMILES string of the molecule is C=C(C)C1C(CC(Cl)Cl)C1(C)C. The summed E-state index contributed by atoms with van der Waals surface area (Å²) in [4.78, 5) is -0.223. The summed E-state index contributed by atoms with van der Waals surface area (Å²) in [5.74, 6) is 1.26. The topological polar surface area (TPSA) is 0 Å². The smallest absolute Gasteiger partial charge is 0.105 e. The van der Waals surface area contributed by atoms with Gasteiger partial charge in [-0.1, -0.05) is 26.0 Å². The average Bonchev–Trinajstić information content (AvgIpc) is 2.32. The number of hydrogen-bond acceptors (Lipinski definition) is 0. The summed E-state index contributed by atoms with van der Waals surface area (Å²) in [6, 6.07) is 0. The highest BCUT2D eigenvalue weighted by Crippen LogP contribution is 2.63. The van der Waals surface area contributed by atoms with Crippen LogP contribution in [0.5, 0.6) is 0 Å². The standard InChI is InChI=1S/C10H16Cl2/c1-6(2)9-7(5-8(11)12)10(9,3)4/h7-9H,1,5H2,2-4H3. The van der Waals surface area contributed by atoms with E-state index >= 15 is 0 Å². The van der Waals surface area contributed by atoms with Crippen LogP contribution in [0, 0.1) is 17.3 Å². The summed E-state index contributed by atoms with van der Waals surface area (Å²) in [6.07, 6.45) is 0.896. The van der Waals surface area contributed by atoms with Gasteiger partial charge < -0.3 is 0 Å². The first-order valence-electron chi connectivity index (χ1n) is 4.31. The van der Waals surface area contributed by atoms with Gasteiger partial charge in [-0.05, 0) is 30.6 Å². The van der Waals surface area contributed by atoms with Crippen LogP contribution in [0.15, 0.2) is 12.2 Å². The Balaban J connectivity index is 2.54. The van der Waals surface area contributed by atoms with Gasteiger partial charge in [-0.2, -0.15) is 0 Å². The largest absolute Gasteiger partial charge is 0.108 e. The lowest BCUT2D eigenvalue weighted by atomic mass is 10.1. The van der Waals surface area contributed by atoms with Crippen molar-refractivity contribution in [2.45, 2.75) is 32.0 Å². The van der Waals surface area contributed by atoms with Crippen LogP contribution in [-0.4, -0.2) is 4.84 Å². The van der Waals surface area contributed by atoms with Crippen molar-refractivity contribution < 1.29 is 0 Å². The molecule has 70 valence electrons. The summed E-state index contributed by atoms with van der Waals surface area (Å²) in [5.41, 5.74) is 1.63. The van der Waals surface area contributed by atoms with E-state index in [-0.39, 0.29) is 4.84 Å². The molecule has 0 heterocycles. The van der Waals surface area contributed by atoms with Gasteiger partial charge >= 0.3 is 0 Å². The Morgan fingerprint density at radius 1 is 1.50 bits per heavy atom. The molecule has 2 atom stereocenters. The van der Waals surface area contributed by atoms with E-state index in [9.17, 15) is 0 Å². The molecule has 0 aromatic carbocycles. The van der Waals surface area contributed by atoms with Crippen LogP contribution in [0.2, 0.25) is 0 Å². The summed E-state index contributed by atoms with van der Waals surface area (Å²) < 4.78 is 0. The molecule has 0 amide bonds. The Morgan fingerprint density at radius 3 is 2.25 bits per heavy atom. The Kier molecular flexibility index (Phi) is 2.80. The maximum Gasteiger partial charge on any atom is 0.108 e. The van der Waals surface area contributed by atoms with Gasteiger partial charge in [0.05, 0.1) is 0 Å². The van der Waals surface area contributed by atoms with Crippen molar-refractivity contribution in [3.63, 3.8) is 0 Å². The van der Waals surface area contributed by atoms with Crippen molar-refractivity contribution >= 4 is 23.2 Å². The molecule has 0 radical (unpaired) electrons. The zero-order valence-electron chi connectivity index (χ0n) is 7.90. The van der Waals surface area contributed by atoms with E-state index in [1.54, 1.807) is 0 Å². The first-order valence-corrected chi connectivity index (χ1v) is 5.18. The normalized spacial score (nSPS) is 32.2. The third kappa shape index (κ3) is 1.80. The van der Waals surface area contributed by atoms with Gasteiger partial charge in [-0.3, -0.25) is 0 Å². The number of rotatable bonds is 3. The van der Waals surface area contributed by atoms with Gasteiger partial charge in [-0.25, -0.2) is 0 Å². The van der Waals surface area contributed by atoms with Gasteiger partial charge in [0.15, 0.2) is 0 Å². The fraction of sp³-hybridized carbons (Fsp3) is 0.800. The van der Waals surface area contributed by atoms with E-state index in [2.05, 4.69) is 27.4 Å². The molecule has 0 nitrogen and oxygen atoms in total. The van der Waals surface area contributed by atoms with Crippen molar-refractivity contribution in [2.24, 2.45) is 17.3 Å². The predicted molar refractivity (Wildman–Crippen MR) is 55.7 cm³/mol. The second kappa shape index (κ2) is 3.23. The monoisotopic (exact) mass is 206 g/mol. The lowest BCUT2D eigenvalue weighted by Crippen LogP contribution is -1.94. The molecule has 0 aliphatic heterocycles. The Labute approximate surface area is 84.9 Å². The van der Waals surface area contributed by atoms with E-state index in [1.165, 1.54) is 5.57 Å². The lowest BCUT2D eigenvalue weighted by molar-refractivity contribution is 0.537. The highest BCUT2D eigenvalue weighted by atomic mass is 35.5. The Morgan fingerprint density at radius 2 is 2.00 bits per heavy atom. The molecule has 0 spiro atoms. The minimum Gasteiger partial charge on any atom is -0.105 e. The van der Waals surface area contributed by atoms with Crippen molar-refractivity contribution in [1.29, 1.82) is 0 Å². The first-order chi connectivity index (χ1) is 5.37. The van der Waals surface area contributed by atoms with E-state index in [1.807, 2.05) is 0 Å². The highest BCUT2D eigenvalue weighted by molar-refractivity contribution is 6.44. The number of allylic oxidation sites excluding steroid dienone is 1. The van der Waals surface area contributed by atoms with E-state index in [0.717, 1.165) is 6.42 Å². The van der Waals surface area contributed by atoms with E-state index in [0.29, 0.717) is 17.3 Å². The molecule has 1 aliphatic carbocycles. The average molecular weight is 207 g/mol. The molecule has 0 bridgehead atoms. The molecule has 2 heteroatoms. The summed E-state index contributed by atoms with van der Waals surface area (Å²) >= 11 is 11.5. The lowest BCUT2D eigenvalue weighted by Gasteiger charge is -2.01. The van der Waals surface area contributed by atoms with E-state index < -0.39 is 0 Å². The van der Waals surface area contributed by atoms with Crippen molar-refractivity contribution in [2.75, 3.05) is 0 Å². The van der Waals surface area contributed by atoms with Crippen LogP contribution in [0.4, 0.5) is 0 Å². The molecule has 0 aromatic heterocycles. The molecule has 1 saturated carbocycles. The highest BCUT2D eigenvalue weighted by Gasteiger charge is 2.57. The van der Waals surface area contributed by atoms with Crippen LogP contribution in [0.25, 0.3) is 0 Å². The quantitative estimate of drug-likeness (QED) is 0.484. The number of halogens is 2.